The van der Waals surface area contributed by atoms with Gasteiger partial charge in [-0.25, -0.2) is 0 Å². The highest BCUT2D eigenvalue weighted by molar-refractivity contribution is 6.37. The number of carbonyl (C=O) groups is 1. The molecule has 0 bridgehead atoms. The Balaban J connectivity index is 2.31. The SMILES string of the molecule is CCCNCC(=O)Nc1nn(C)c2c(NC)ccc(Cl)c12. The molecule has 0 unspecified atom stereocenters. The Morgan fingerprint density at radius 3 is 2.86 bits per heavy atom. The first-order valence-corrected chi connectivity index (χ1v) is 7.29. The van der Waals surface area contributed by atoms with Gasteiger partial charge in [-0.1, -0.05) is 18.5 Å². The Morgan fingerprint density at radius 1 is 1.43 bits per heavy atom. The van der Waals surface area contributed by atoms with Crippen molar-refractivity contribution in [3.63, 3.8) is 0 Å². The number of aromatic nitrogens is 2. The molecule has 0 spiro atoms. The number of fused-ring (bicyclic) bond motifs is 1. The molecule has 2 rings (SSSR count). The lowest BCUT2D eigenvalue weighted by atomic mass is 10.2. The maximum Gasteiger partial charge on any atom is 0.239 e. The zero-order valence-electron chi connectivity index (χ0n) is 12.5. The van der Waals surface area contributed by atoms with Crippen LogP contribution in [-0.4, -0.2) is 35.8 Å². The molecule has 1 heterocycles. The first-order valence-electron chi connectivity index (χ1n) is 6.92. The summed E-state index contributed by atoms with van der Waals surface area (Å²) in [6.07, 6.45) is 0.983. The molecule has 0 saturated heterocycles. The molecule has 0 aliphatic rings. The van der Waals surface area contributed by atoms with Crippen molar-refractivity contribution in [2.75, 3.05) is 30.8 Å². The first kappa shape index (κ1) is 15.6. The van der Waals surface area contributed by atoms with E-state index in [2.05, 4.69) is 28.0 Å². The fraction of sp³-hybridized carbons (Fsp3) is 0.429. The second kappa shape index (κ2) is 6.78. The van der Waals surface area contributed by atoms with Crippen LogP contribution in [-0.2, 0) is 11.8 Å². The van der Waals surface area contributed by atoms with E-state index in [4.69, 9.17) is 11.6 Å². The van der Waals surface area contributed by atoms with Gasteiger partial charge in [0.05, 0.1) is 28.2 Å². The molecular formula is C14H20ClN5O. The van der Waals surface area contributed by atoms with Crippen LogP contribution in [0.15, 0.2) is 12.1 Å². The predicted molar refractivity (Wildman–Crippen MR) is 87.1 cm³/mol. The van der Waals surface area contributed by atoms with E-state index in [0.29, 0.717) is 10.8 Å². The van der Waals surface area contributed by atoms with Crippen LogP contribution in [0, 0.1) is 0 Å². The molecular weight excluding hydrogens is 290 g/mol. The van der Waals surface area contributed by atoms with E-state index in [0.717, 1.165) is 29.6 Å². The number of hydrogen-bond donors (Lipinski definition) is 3. The minimum absolute atomic E-state index is 0.130. The minimum atomic E-state index is -0.130. The molecule has 0 aliphatic carbocycles. The normalized spacial score (nSPS) is 10.9. The van der Waals surface area contributed by atoms with Crippen LogP contribution in [0.25, 0.3) is 10.9 Å². The molecule has 1 amide bonds. The number of carbonyl (C=O) groups excluding carboxylic acids is 1. The van der Waals surface area contributed by atoms with E-state index >= 15 is 0 Å². The summed E-state index contributed by atoms with van der Waals surface area (Å²) in [5.74, 6) is 0.354. The maximum absolute atomic E-state index is 11.9. The van der Waals surface area contributed by atoms with E-state index < -0.39 is 0 Å². The van der Waals surface area contributed by atoms with Crippen molar-refractivity contribution < 1.29 is 4.79 Å². The number of nitrogens with zero attached hydrogens (tertiary/aromatic N) is 2. The van der Waals surface area contributed by atoms with Gasteiger partial charge in [-0.05, 0) is 25.1 Å². The zero-order valence-corrected chi connectivity index (χ0v) is 13.2. The smallest absolute Gasteiger partial charge is 0.239 e. The second-order valence-electron chi connectivity index (χ2n) is 4.77. The summed E-state index contributed by atoms with van der Waals surface area (Å²) in [4.78, 5) is 11.9. The van der Waals surface area contributed by atoms with Gasteiger partial charge >= 0.3 is 0 Å². The Kier molecular flexibility index (Phi) is 5.03. The second-order valence-corrected chi connectivity index (χ2v) is 5.17. The number of benzene rings is 1. The summed E-state index contributed by atoms with van der Waals surface area (Å²) in [7, 11) is 3.66. The summed E-state index contributed by atoms with van der Waals surface area (Å²) in [6, 6.07) is 3.68. The van der Waals surface area contributed by atoms with E-state index in [1.54, 1.807) is 10.7 Å². The topological polar surface area (TPSA) is 71.0 Å². The number of nitrogens with one attached hydrogen (secondary N) is 3. The number of amides is 1. The van der Waals surface area contributed by atoms with Gasteiger partial charge in [0, 0.05) is 14.1 Å². The van der Waals surface area contributed by atoms with Crippen LogP contribution in [0.3, 0.4) is 0 Å². The summed E-state index contributed by atoms with van der Waals surface area (Å²) in [5, 5.41) is 14.6. The first-order chi connectivity index (χ1) is 10.1. The number of hydrogen-bond acceptors (Lipinski definition) is 4. The molecule has 3 N–H and O–H groups in total. The molecule has 1 aromatic heterocycles. The highest BCUT2D eigenvalue weighted by Crippen LogP contribution is 2.34. The molecule has 114 valence electrons. The lowest BCUT2D eigenvalue weighted by molar-refractivity contribution is -0.115. The molecule has 0 saturated carbocycles. The molecule has 7 heteroatoms. The predicted octanol–water partition coefficient (Wildman–Crippen LogP) is 2.21. The molecule has 6 nitrogen and oxygen atoms in total. The standard InChI is InChI=1S/C14H20ClN5O/c1-4-7-17-8-11(21)18-14-12-9(15)5-6-10(16-2)13(12)20(3)19-14/h5-6,16-17H,4,7-8H2,1-3H3,(H,18,19,21). The Bertz CT molecular complexity index is 652. The molecule has 21 heavy (non-hydrogen) atoms. The Labute approximate surface area is 128 Å². The van der Waals surface area contributed by atoms with Gasteiger partial charge in [0.25, 0.3) is 0 Å². The summed E-state index contributed by atoms with van der Waals surface area (Å²) in [6.45, 7) is 3.12. The van der Waals surface area contributed by atoms with Crippen molar-refractivity contribution in [3.8, 4) is 0 Å². The number of rotatable bonds is 6. The number of halogens is 1. The minimum Gasteiger partial charge on any atom is -0.386 e. The van der Waals surface area contributed by atoms with Crippen LogP contribution in [0.4, 0.5) is 11.5 Å². The molecule has 0 aliphatic heterocycles. The van der Waals surface area contributed by atoms with Crippen molar-refractivity contribution in [3.05, 3.63) is 17.2 Å². The van der Waals surface area contributed by atoms with Gasteiger partial charge in [-0.2, -0.15) is 5.10 Å². The van der Waals surface area contributed by atoms with Crippen LogP contribution in [0.5, 0.6) is 0 Å². The summed E-state index contributed by atoms with van der Waals surface area (Å²) in [5.41, 5.74) is 1.77. The third kappa shape index (κ3) is 3.28. The van der Waals surface area contributed by atoms with Gasteiger partial charge in [0.2, 0.25) is 5.91 Å². The van der Waals surface area contributed by atoms with Crippen molar-refractivity contribution in [1.29, 1.82) is 0 Å². The zero-order chi connectivity index (χ0) is 15.4. The third-order valence-corrected chi connectivity index (χ3v) is 3.49. The van der Waals surface area contributed by atoms with Gasteiger partial charge in [0.1, 0.15) is 0 Å². The average Bonchev–Trinajstić information content (AvgIpc) is 2.78. The van der Waals surface area contributed by atoms with Gasteiger partial charge in [-0.15, -0.1) is 0 Å². The summed E-state index contributed by atoms with van der Waals surface area (Å²) < 4.78 is 1.71. The fourth-order valence-electron chi connectivity index (χ4n) is 2.22. The van der Waals surface area contributed by atoms with Gasteiger partial charge in [0.15, 0.2) is 5.82 Å². The van der Waals surface area contributed by atoms with E-state index in [1.165, 1.54) is 0 Å². The van der Waals surface area contributed by atoms with E-state index in [-0.39, 0.29) is 12.5 Å². The molecule has 0 fully saturated rings. The number of anilines is 2. The molecule has 1 aromatic carbocycles. The maximum atomic E-state index is 11.9. The Morgan fingerprint density at radius 2 is 2.19 bits per heavy atom. The highest BCUT2D eigenvalue weighted by atomic mass is 35.5. The third-order valence-electron chi connectivity index (χ3n) is 3.18. The fourth-order valence-corrected chi connectivity index (χ4v) is 2.46. The van der Waals surface area contributed by atoms with Crippen molar-refractivity contribution in [2.45, 2.75) is 13.3 Å². The molecule has 0 radical (unpaired) electrons. The van der Waals surface area contributed by atoms with E-state index in [9.17, 15) is 4.79 Å². The van der Waals surface area contributed by atoms with Crippen LogP contribution >= 0.6 is 11.6 Å². The lowest BCUT2D eigenvalue weighted by Crippen LogP contribution is -2.28. The van der Waals surface area contributed by atoms with Crippen molar-refractivity contribution in [1.82, 2.24) is 15.1 Å². The van der Waals surface area contributed by atoms with Crippen molar-refractivity contribution in [2.24, 2.45) is 7.05 Å². The monoisotopic (exact) mass is 309 g/mol. The van der Waals surface area contributed by atoms with Gasteiger partial charge < -0.3 is 16.0 Å². The Hall–Kier alpha value is -1.79. The van der Waals surface area contributed by atoms with Crippen molar-refractivity contribution >= 4 is 39.9 Å². The highest BCUT2D eigenvalue weighted by Gasteiger charge is 2.16. The average molecular weight is 310 g/mol. The summed E-state index contributed by atoms with van der Waals surface area (Å²) >= 11 is 6.27. The largest absolute Gasteiger partial charge is 0.386 e. The van der Waals surface area contributed by atoms with Crippen LogP contribution < -0.4 is 16.0 Å². The quantitative estimate of drug-likeness (QED) is 0.716. The number of aryl methyl sites for hydroxylation is 1. The van der Waals surface area contributed by atoms with Gasteiger partial charge in [-0.3, -0.25) is 9.48 Å². The lowest BCUT2D eigenvalue weighted by Gasteiger charge is -2.06. The van der Waals surface area contributed by atoms with Crippen LogP contribution in [0.2, 0.25) is 5.02 Å². The molecule has 2 aromatic rings. The van der Waals surface area contributed by atoms with Crippen LogP contribution in [0.1, 0.15) is 13.3 Å². The molecule has 0 atom stereocenters. The van der Waals surface area contributed by atoms with E-state index in [1.807, 2.05) is 20.2 Å².